The van der Waals surface area contributed by atoms with Crippen molar-refractivity contribution in [1.29, 1.82) is 5.26 Å². The summed E-state index contributed by atoms with van der Waals surface area (Å²) in [7, 11) is 0. The molecule has 2 unspecified atom stereocenters. The van der Waals surface area contributed by atoms with E-state index in [0.29, 0.717) is 47.5 Å². The summed E-state index contributed by atoms with van der Waals surface area (Å²) >= 11 is 0. The number of amides is 3. The Hall–Kier alpha value is -4.66. The predicted octanol–water partition coefficient (Wildman–Crippen LogP) is 3.48. The first-order valence-corrected chi connectivity index (χ1v) is 13.3. The molecular weight excluding hydrogens is 525 g/mol. The molecule has 0 saturated carbocycles. The number of piperidine rings is 1. The van der Waals surface area contributed by atoms with Gasteiger partial charge in [-0.3, -0.25) is 29.9 Å². The van der Waals surface area contributed by atoms with Crippen molar-refractivity contribution < 1.29 is 19.1 Å². The number of carbonyl (C=O) groups is 2. The number of hydrogen-bond acceptors (Lipinski definition) is 8. The van der Waals surface area contributed by atoms with E-state index >= 15 is 4.39 Å². The second-order valence-corrected chi connectivity index (χ2v) is 10.6. The van der Waals surface area contributed by atoms with Crippen molar-refractivity contribution in [2.45, 2.75) is 31.3 Å². The van der Waals surface area contributed by atoms with Crippen LogP contribution in [0, 0.1) is 17.1 Å². The lowest BCUT2D eigenvalue weighted by atomic mass is 9.77. The molecule has 2 aliphatic rings. The Morgan fingerprint density at radius 3 is 2.76 bits per heavy atom. The van der Waals surface area contributed by atoms with Gasteiger partial charge in [0.1, 0.15) is 5.82 Å². The van der Waals surface area contributed by atoms with Gasteiger partial charge in [0, 0.05) is 43.6 Å². The maximum Gasteiger partial charge on any atom is 0.328 e. The highest BCUT2D eigenvalue weighted by molar-refractivity contribution is 6.06. The molecule has 3 heterocycles. The number of benzene rings is 2. The number of β-amino-alcohol motifs (C(OH)–C–C–N with tert-alkyl or cyclic N) is 1. The Bertz CT molecular complexity index is 1590. The van der Waals surface area contributed by atoms with Gasteiger partial charge in [0.15, 0.2) is 0 Å². The molecule has 4 N–H and O–H groups in total. The first-order valence-electron chi connectivity index (χ1n) is 13.3. The number of imide groups is 1. The van der Waals surface area contributed by atoms with E-state index in [-0.39, 0.29) is 30.8 Å². The van der Waals surface area contributed by atoms with E-state index in [1.54, 1.807) is 55.6 Å². The molecule has 2 atom stereocenters. The second-order valence-electron chi connectivity index (χ2n) is 10.6. The lowest BCUT2D eigenvalue weighted by Crippen LogP contribution is -2.51. The monoisotopic (exact) mass is 555 g/mol. The minimum Gasteiger partial charge on any atom is -0.404 e. The Morgan fingerprint density at radius 1 is 1.29 bits per heavy atom. The van der Waals surface area contributed by atoms with Gasteiger partial charge in [-0.05, 0) is 73.6 Å². The molecule has 0 aliphatic carbocycles. The van der Waals surface area contributed by atoms with Gasteiger partial charge in [0.2, 0.25) is 5.91 Å². The van der Waals surface area contributed by atoms with E-state index in [4.69, 9.17) is 11.0 Å². The molecule has 0 bridgehead atoms. The zero-order valence-corrected chi connectivity index (χ0v) is 22.5. The van der Waals surface area contributed by atoms with E-state index in [2.05, 4.69) is 26.3 Å². The number of halogens is 1. The summed E-state index contributed by atoms with van der Waals surface area (Å²) in [5, 5.41) is 22.9. The summed E-state index contributed by atoms with van der Waals surface area (Å²) in [6.07, 6.45) is 5.27. The number of nitrogens with zero attached hydrogens (tertiary/aromatic N) is 5. The molecule has 5 rings (SSSR count). The molecule has 10 nitrogen and oxygen atoms in total. The molecule has 210 valence electrons. The first kappa shape index (κ1) is 27.9. The SMILES string of the molecule is CC1(O)CN(C/C(C=Nc2ccc(C#N)cc2)=C/N)CCC1c1ccc2ncc(N3CCC(=O)NC3=O)cc2c1F. The fourth-order valence-electron chi connectivity index (χ4n) is 5.46. The number of fused-ring (bicyclic) bond motifs is 1. The molecule has 3 aromatic rings. The fourth-order valence-corrected chi connectivity index (χ4v) is 5.46. The first-order chi connectivity index (χ1) is 19.7. The van der Waals surface area contributed by atoms with E-state index in [1.165, 1.54) is 17.3 Å². The summed E-state index contributed by atoms with van der Waals surface area (Å²) in [4.78, 5) is 36.0. The zero-order chi connectivity index (χ0) is 29.1. The van der Waals surface area contributed by atoms with E-state index in [1.807, 2.05) is 0 Å². The average Bonchev–Trinajstić information content (AvgIpc) is 2.96. The van der Waals surface area contributed by atoms with Crippen LogP contribution in [0.1, 0.15) is 36.8 Å². The standard InChI is InChI=1S/C30H30FN7O3/c1-30(41)18-37(17-20(14-33)15-34-21-4-2-19(13-32)3-5-21)10-8-25(30)23-6-7-26-24(28(23)31)12-22(16-35-26)38-11-9-27(39)36-29(38)40/h2-7,12,14-16,25,41H,8-11,17-18,33H2,1H3,(H,36,39,40)/b20-14+,34-15?. The number of aliphatic hydroxyl groups is 1. The normalized spacial score (nSPS) is 22.2. The predicted molar refractivity (Wildman–Crippen MR) is 153 cm³/mol. The summed E-state index contributed by atoms with van der Waals surface area (Å²) in [6, 6.07) is 13.3. The molecule has 0 spiro atoms. The smallest absolute Gasteiger partial charge is 0.328 e. The molecule has 2 saturated heterocycles. The number of hydrogen-bond donors (Lipinski definition) is 3. The minimum absolute atomic E-state index is 0.149. The van der Waals surface area contributed by atoms with Crippen molar-refractivity contribution in [2.24, 2.45) is 10.7 Å². The van der Waals surface area contributed by atoms with Gasteiger partial charge in [-0.2, -0.15) is 5.26 Å². The average molecular weight is 556 g/mol. The van der Waals surface area contributed by atoms with Crippen LogP contribution in [-0.4, -0.2) is 64.9 Å². The third kappa shape index (κ3) is 5.94. The minimum atomic E-state index is -1.24. The number of nitrogens with one attached hydrogen (secondary N) is 1. The highest BCUT2D eigenvalue weighted by Crippen LogP contribution is 2.39. The fraction of sp³-hybridized carbons (Fsp3) is 0.300. The summed E-state index contributed by atoms with van der Waals surface area (Å²) in [6.45, 7) is 3.22. The van der Waals surface area contributed by atoms with Crippen LogP contribution in [-0.2, 0) is 4.79 Å². The highest BCUT2D eigenvalue weighted by atomic mass is 19.1. The van der Waals surface area contributed by atoms with E-state index in [0.717, 1.165) is 5.57 Å². The third-order valence-electron chi connectivity index (χ3n) is 7.58. The number of nitrogens with two attached hydrogens (primary N) is 1. The lowest BCUT2D eigenvalue weighted by molar-refractivity contribution is -0.120. The van der Waals surface area contributed by atoms with Crippen molar-refractivity contribution in [3.05, 3.63) is 77.4 Å². The van der Waals surface area contributed by atoms with Gasteiger partial charge in [-0.25, -0.2) is 9.18 Å². The maximum absolute atomic E-state index is 16.0. The molecule has 3 amide bonds. The van der Waals surface area contributed by atoms with Gasteiger partial charge in [0.05, 0.1) is 40.3 Å². The van der Waals surface area contributed by atoms with Crippen LogP contribution < -0.4 is 16.0 Å². The maximum atomic E-state index is 16.0. The third-order valence-corrected chi connectivity index (χ3v) is 7.58. The Labute approximate surface area is 236 Å². The van der Waals surface area contributed by atoms with Gasteiger partial charge in [0.25, 0.3) is 0 Å². The van der Waals surface area contributed by atoms with Crippen LogP contribution in [0.25, 0.3) is 10.9 Å². The lowest BCUT2D eigenvalue weighted by Gasteiger charge is -2.43. The molecule has 41 heavy (non-hydrogen) atoms. The Balaban J connectivity index is 1.31. The van der Waals surface area contributed by atoms with Crippen LogP contribution in [0.2, 0.25) is 0 Å². The molecular formula is C30H30FN7O3. The highest BCUT2D eigenvalue weighted by Gasteiger charge is 2.40. The van der Waals surface area contributed by atoms with E-state index in [9.17, 15) is 14.7 Å². The number of anilines is 1. The van der Waals surface area contributed by atoms with Crippen LogP contribution in [0.5, 0.6) is 0 Å². The number of nitriles is 1. The van der Waals surface area contributed by atoms with Crippen LogP contribution in [0.4, 0.5) is 20.6 Å². The number of urea groups is 1. The number of carbonyl (C=O) groups excluding carboxylic acids is 2. The molecule has 0 radical (unpaired) electrons. The number of likely N-dealkylation sites (tertiary alicyclic amines) is 1. The van der Waals surface area contributed by atoms with Crippen LogP contribution in [0.15, 0.2) is 65.4 Å². The summed E-state index contributed by atoms with van der Waals surface area (Å²) < 4.78 is 16.0. The number of aromatic nitrogens is 1. The van der Waals surface area contributed by atoms with Crippen molar-refractivity contribution in [3.63, 3.8) is 0 Å². The van der Waals surface area contributed by atoms with Crippen molar-refractivity contribution in [3.8, 4) is 6.07 Å². The second kappa shape index (κ2) is 11.4. The molecule has 2 fully saturated rings. The van der Waals surface area contributed by atoms with Gasteiger partial charge in [-0.15, -0.1) is 0 Å². The van der Waals surface area contributed by atoms with Gasteiger partial charge < -0.3 is 10.8 Å². The number of pyridine rings is 1. The zero-order valence-electron chi connectivity index (χ0n) is 22.5. The number of rotatable bonds is 6. The van der Waals surface area contributed by atoms with E-state index < -0.39 is 23.4 Å². The van der Waals surface area contributed by atoms with Crippen molar-refractivity contribution in [2.75, 3.05) is 31.1 Å². The largest absolute Gasteiger partial charge is 0.404 e. The van der Waals surface area contributed by atoms with Crippen LogP contribution in [0.3, 0.4) is 0 Å². The summed E-state index contributed by atoms with van der Waals surface area (Å²) in [5.41, 5.74) is 7.81. The van der Waals surface area contributed by atoms with Gasteiger partial charge >= 0.3 is 6.03 Å². The Kier molecular flexibility index (Phi) is 7.79. The molecule has 2 aromatic carbocycles. The molecule has 2 aliphatic heterocycles. The number of aliphatic imine (C=N–C) groups is 1. The van der Waals surface area contributed by atoms with Gasteiger partial charge in [-0.1, -0.05) is 6.07 Å². The van der Waals surface area contributed by atoms with Crippen molar-refractivity contribution >= 4 is 40.4 Å². The quantitative estimate of drug-likeness (QED) is 0.395. The summed E-state index contributed by atoms with van der Waals surface area (Å²) in [5.74, 6) is -1.31. The topological polar surface area (TPSA) is 148 Å². The van der Waals surface area contributed by atoms with Crippen molar-refractivity contribution in [1.82, 2.24) is 15.2 Å². The molecule has 1 aromatic heterocycles. The molecule has 11 heteroatoms. The Morgan fingerprint density at radius 2 is 2.07 bits per heavy atom. The van der Waals surface area contributed by atoms with Crippen LogP contribution >= 0.6 is 0 Å².